The number of amides is 1. The summed E-state index contributed by atoms with van der Waals surface area (Å²) >= 11 is 1.81. The lowest BCUT2D eigenvalue weighted by Crippen LogP contribution is -2.54. The van der Waals surface area contributed by atoms with Gasteiger partial charge in [0, 0.05) is 45.5 Å². The molecule has 1 aliphatic rings. The van der Waals surface area contributed by atoms with Crippen molar-refractivity contribution in [1.29, 1.82) is 0 Å². The Hall–Kier alpha value is -0.380. The minimum absolute atomic E-state index is 0. The van der Waals surface area contributed by atoms with Crippen LogP contribution in [-0.4, -0.2) is 80.2 Å². The van der Waals surface area contributed by atoms with E-state index in [2.05, 4.69) is 21.5 Å². The molecule has 0 aromatic rings. The van der Waals surface area contributed by atoms with Gasteiger partial charge in [-0.1, -0.05) is 0 Å². The van der Waals surface area contributed by atoms with Crippen LogP contribution in [0.15, 0.2) is 4.99 Å². The number of ether oxygens (including phenoxy) is 1. The number of thioether (sulfide) groups is 1. The summed E-state index contributed by atoms with van der Waals surface area (Å²) in [7, 11) is 1.79. The Kier molecular flexibility index (Phi) is 11.1. The first kappa shape index (κ1) is 19.6. The smallest absolute Gasteiger partial charge is 0.409 e. The van der Waals surface area contributed by atoms with E-state index in [9.17, 15) is 4.79 Å². The molecule has 0 unspecified atom stereocenters. The SMILES string of the molecule is CCOC(=O)N1CCN(C(=NC)NCCSC)CC1.I. The van der Waals surface area contributed by atoms with Gasteiger partial charge in [-0.15, -0.1) is 24.0 Å². The first-order valence-corrected chi connectivity index (χ1v) is 7.98. The van der Waals surface area contributed by atoms with Crippen LogP contribution in [0.2, 0.25) is 0 Å². The summed E-state index contributed by atoms with van der Waals surface area (Å²) in [6, 6.07) is 0. The second-order valence-corrected chi connectivity index (χ2v) is 5.13. The highest BCUT2D eigenvalue weighted by molar-refractivity contribution is 14.0. The first-order valence-electron chi connectivity index (χ1n) is 6.59. The number of hydrogen-bond acceptors (Lipinski definition) is 4. The zero-order valence-electron chi connectivity index (χ0n) is 12.4. The highest BCUT2D eigenvalue weighted by Gasteiger charge is 2.23. The van der Waals surface area contributed by atoms with Gasteiger partial charge in [0.25, 0.3) is 0 Å². The highest BCUT2D eigenvalue weighted by Crippen LogP contribution is 2.04. The third-order valence-corrected chi connectivity index (χ3v) is 3.52. The van der Waals surface area contributed by atoms with E-state index >= 15 is 0 Å². The van der Waals surface area contributed by atoms with Crippen molar-refractivity contribution in [2.24, 2.45) is 4.99 Å². The van der Waals surface area contributed by atoms with Gasteiger partial charge in [-0.25, -0.2) is 4.79 Å². The van der Waals surface area contributed by atoms with E-state index in [1.54, 1.807) is 23.7 Å². The number of nitrogens with zero attached hydrogens (tertiary/aromatic N) is 3. The lowest BCUT2D eigenvalue weighted by Gasteiger charge is -2.35. The average molecular weight is 416 g/mol. The molecule has 1 heterocycles. The molecule has 0 aromatic carbocycles. The van der Waals surface area contributed by atoms with Crippen LogP contribution in [0.5, 0.6) is 0 Å². The Morgan fingerprint density at radius 3 is 2.40 bits per heavy atom. The number of hydrogen-bond donors (Lipinski definition) is 1. The van der Waals surface area contributed by atoms with Gasteiger partial charge in [0.15, 0.2) is 5.96 Å². The number of piperazine rings is 1. The van der Waals surface area contributed by atoms with Crippen LogP contribution < -0.4 is 5.32 Å². The average Bonchev–Trinajstić information content (AvgIpc) is 2.44. The van der Waals surface area contributed by atoms with E-state index in [4.69, 9.17) is 4.74 Å². The summed E-state index contributed by atoms with van der Waals surface area (Å²) < 4.78 is 5.00. The molecule has 20 heavy (non-hydrogen) atoms. The molecule has 0 aromatic heterocycles. The fourth-order valence-electron chi connectivity index (χ4n) is 1.91. The molecule has 0 bridgehead atoms. The molecule has 8 heteroatoms. The van der Waals surface area contributed by atoms with Crippen LogP contribution in [0, 0.1) is 0 Å². The monoisotopic (exact) mass is 416 g/mol. The molecule has 0 spiro atoms. The predicted molar refractivity (Wildman–Crippen MR) is 95.3 cm³/mol. The number of halogens is 1. The number of rotatable bonds is 4. The Bertz CT molecular complexity index is 310. The lowest BCUT2D eigenvalue weighted by molar-refractivity contribution is 0.0915. The largest absolute Gasteiger partial charge is 0.450 e. The Labute approximate surface area is 142 Å². The van der Waals surface area contributed by atoms with Gasteiger partial charge in [-0.3, -0.25) is 4.99 Å². The van der Waals surface area contributed by atoms with Crippen molar-refractivity contribution in [1.82, 2.24) is 15.1 Å². The number of carbonyl (C=O) groups excluding carboxylic acids is 1. The van der Waals surface area contributed by atoms with Crippen LogP contribution in [0.25, 0.3) is 0 Å². The molecule has 1 aliphatic heterocycles. The Balaban J connectivity index is 0.00000361. The van der Waals surface area contributed by atoms with Crippen molar-refractivity contribution in [2.75, 3.05) is 58.4 Å². The van der Waals surface area contributed by atoms with Crippen LogP contribution >= 0.6 is 35.7 Å². The number of aliphatic imine (C=N–C) groups is 1. The van der Waals surface area contributed by atoms with Crippen molar-refractivity contribution in [2.45, 2.75) is 6.92 Å². The second kappa shape index (κ2) is 11.3. The fraction of sp³-hybridized carbons (Fsp3) is 0.833. The van der Waals surface area contributed by atoms with E-state index in [0.29, 0.717) is 19.7 Å². The zero-order valence-corrected chi connectivity index (χ0v) is 15.6. The van der Waals surface area contributed by atoms with Gasteiger partial charge in [0.1, 0.15) is 0 Å². The molecule has 0 radical (unpaired) electrons. The minimum Gasteiger partial charge on any atom is -0.450 e. The third kappa shape index (κ3) is 6.38. The van der Waals surface area contributed by atoms with Gasteiger partial charge in [0.2, 0.25) is 0 Å². The highest BCUT2D eigenvalue weighted by atomic mass is 127. The van der Waals surface area contributed by atoms with Crippen molar-refractivity contribution < 1.29 is 9.53 Å². The maximum absolute atomic E-state index is 11.6. The van der Waals surface area contributed by atoms with E-state index in [-0.39, 0.29) is 30.1 Å². The van der Waals surface area contributed by atoms with E-state index in [1.165, 1.54) is 0 Å². The normalized spacial score (nSPS) is 15.7. The van der Waals surface area contributed by atoms with Crippen molar-refractivity contribution in [3.8, 4) is 0 Å². The molecule has 6 nitrogen and oxygen atoms in total. The van der Waals surface area contributed by atoms with Crippen molar-refractivity contribution >= 4 is 47.8 Å². The predicted octanol–water partition coefficient (Wildman–Crippen LogP) is 1.32. The quantitative estimate of drug-likeness (QED) is 0.324. The molecular weight excluding hydrogens is 391 g/mol. The number of guanidine groups is 1. The van der Waals surface area contributed by atoms with Crippen LogP contribution in [0.1, 0.15) is 6.92 Å². The molecule has 0 atom stereocenters. The molecule has 1 fully saturated rings. The molecule has 1 saturated heterocycles. The molecule has 0 saturated carbocycles. The zero-order chi connectivity index (χ0) is 14.1. The second-order valence-electron chi connectivity index (χ2n) is 4.14. The van der Waals surface area contributed by atoms with Gasteiger partial charge in [0.05, 0.1) is 6.61 Å². The van der Waals surface area contributed by atoms with E-state index < -0.39 is 0 Å². The molecule has 1 N–H and O–H groups in total. The summed E-state index contributed by atoms with van der Waals surface area (Å²) in [6.45, 7) is 6.11. The van der Waals surface area contributed by atoms with Crippen molar-refractivity contribution in [3.05, 3.63) is 0 Å². The summed E-state index contributed by atoms with van der Waals surface area (Å²) in [4.78, 5) is 19.8. The number of carbonyl (C=O) groups is 1. The molecule has 0 aliphatic carbocycles. The van der Waals surface area contributed by atoms with E-state index in [0.717, 1.165) is 31.3 Å². The Morgan fingerprint density at radius 2 is 1.90 bits per heavy atom. The summed E-state index contributed by atoms with van der Waals surface area (Å²) in [6.07, 6.45) is 1.87. The maximum Gasteiger partial charge on any atom is 0.409 e. The van der Waals surface area contributed by atoms with Crippen LogP contribution in [-0.2, 0) is 4.74 Å². The first-order chi connectivity index (χ1) is 9.22. The van der Waals surface area contributed by atoms with Gasteiger partial charge in [-0.2, -0.15) is 11.8 Å². The lowest BCUT2D eigenvalue weighted by atomic mass is 10.3. The van der Waals surface area contributed by atoms with Gasteiger partial charge < -0.3 is 19.9 Å². The topological polar surface area (TPSA) is 57.2 Å². The van der Waals surface area contributed by atoms with Gasteiger partial charge >= 0.3 is 6.09 Å². The minimum atomic E-state index is -0.215. The molecular formula is C12H25IN4O2S. The van der Waals surface area contributed by atoms with Crippen molar-refractivity contribution in [3.63, 3.8) is 0 Å². The molecule has 118 valence electrons. The standard InChI is InChI=1S/C12H24N4O2S.HI/c1-4-18-12(17)16-8-6-15(7-9-16)11(13-2)14-5-10-19-3;/h4-10H2,1-3H3,(H,13,14);1H. The Morgan fingerprint density at radius 1 is 1.30 bits per heavy atom. The fourth-order valence-corrected chi connectivity index (χ4v) is 2.22. The van der Waals surface area contributed by atoms with E-state index in [1.807, 2.05) is 6.92 Å². The molecule has 1 rings (SSSR count). The third-order valence-electron chi connectivity index (χ3n) is 2.91. The maximum atomic E-state index is 11.6. The summed E-state index contributed by atoms with van der Waals surface area (Å²) in [5.74, 6) is 1.97. The van der Waals surface area contributed by atoms with Gasteiger partial charge in [-0.05, 0) is 13.2 Å². The molecule has 1 amide bonds. The summed E-state index contributed by atoms with van der Waals surface area (Å²) in [5, 5.41) is 3.33. The van der Waals surface area contributed by atoms with Crippen LogP contribution in [0.4, 0.5) is 4.79 Å². The number of nitrogens with one attached hydrogen (secondary N) is 1. The van der Waals surface area contributed by atoms with Crippen LogP contribution in [0.3, 0.4) is 0 Å². The summed E-state index contributed by atoms with van der Waals surface area (Å²) in [5.41, 5.74) is 0.